The van der Waals surface area contributed by atoms with Gasteiger partial charge >= 0.3 is 12.1 Å². The van der Waals surface area contributed by atoms with Crippen LogP contribution >= 0.6 is 0 Å². The van der Waals surface area contributed by atoms with E-state index in [4.69, 9.17) is 19.5 Å². The zero-order chi connectivity index (χ0) is 19.8. The van der Waals surface area contributed by atoms with Crippen molar-refractivity contribution in [2.75, 3.05) is 13.2 Å². The molecular formula is C21H18N2O5. The van der Waals surface area contributed by atoms with Gasteiger partial charge in [-0.25, -0.2) is 9.59 Å². The van der Waals surface area contributed by atoms with Gasteiger partial charge in [0.2, 0.25) is 0 Å². The Balaban J connectivity index is 1.49. The van der Waals surface area contributed by atoms with Gasteiger partial charge in [0.25, 0.3) is 0 Å². The lowest BCUT2D eigenvalue weighted by Gasteiger charge is -2.08. The van der Waals surface area contributed by atoms with Crippen molar-refractivity contribution >= 4 is 18.1 Å². The highest BCUT2D eigenvalue weighted by atomic mass is 16.6. The molecule has 7 heteroatoms. The van der Waals surface area contributed by atoms with Gasteiger partial charge in [0.1, 0.15) is 24.2 Å². The van der Waals surface area contributed by atoms with Gasteiger partial charge in [0.05, 0.1) is 6.04 Å². The van der Waals surface area contributed by atoms with Gasteiger partial charge in [-0.05, 0) is 47.9 Å². The first-order chi connectivity index (χ1) is 13.6. The summed E-state index contributed by atoms with van der Waals surface area (Å²) in [7, 11) is 0. The van der Waals surface area contributed by atoms with Crippen LogP contribution in [0.15, 0.2) is 54.6 Å². The molecule has 1 atom stereocenters. The lowest BCUT2D eigenvalue weighted by atomic mass is 10.1. The fourth-order valence-corrected chi connectivity index (χ4v) is 2.62. The summed E-state index contributed by atoms with van der Waals surface area (Å²) in [6.07, 6.45) is 3.22. The minimum atomic E-state index is -0.492. The SMILES string of the molecule is N#CCOc1ccc(/C=C/C(=O)Oc2ccc(C[C@@H]3COC(=O)N3)cc2)cc1. The van der Waals surface area contributed by atoms with E-state index in [9.17, 15) is 9.59 Å². The summed E-state index contributed by atoms with van der Waals surface area (Å²) >= 11 is 0. The lowest BCUT2D eigenvalue weighted by molar-refractivity contribution is -0.128. The smallest absolute Gasteiger partial charge is 0.407 e. The van der Waals surface area contributed by atoms with Crippen LogP contribution < -0.4 is 14.8 Å². The second-order valence-corrected chi connectivity index (χ2v) is 6.06. The van der Waals surface area contributed by atoms with E-state index in [0.29, 0.717) is 24.5 Å². The van der Waals surface area contributed by atoms with Gasteiger partial charge in [-0.2, -0.15) is 5.26 Å². The number of hydrogen-bond acceptors (Lipinski definition) is 6. The quantitative estimate of drug-likeness (QED) is 0.452. The van der Waals surface area contributed by atoms with Crippen LogP contribution in [0.1, 0.15) is 11.1 Å². The maximum Gasteiger partial charge on any atom is 0.407 e. The number of amides is 1. The second-order valence-electron chi connectivity index (χ2n) is 6.06. The third-order valence-electron chi connectivity index (χ3n) is 3.96. The number of carbonyl (C=O) groups excluding carboxylic acids is 2. The summed E-state index contributed by atoms with van der Waals surface area (Å²) in [5, 5.41) is 11.2. The molecule has 3 rings (SSSR count). The number of nitrogens with zero attached hydrogens (tertiary/aromatic N) is 1. The molecule has 0 radical (unpaired) electrons. The molecule has 1 N–H and O–H groups in total. The van der Waals surface area contributed by atoms with Crippen LogP contribution in [0.4, 0.5) is 4.79 Å². The molecule has 1 saturated heterocycles. The predicted octanol–water partition coefficient (Wildman–Crippen LogP) is 2.86. The molecule has 0 unspecified atom stereocenters. The minimum Gasteiger partial charge on any atom is -0.479 e. The van der Waals surface area contributed by atoms with Crippen LogP contribution in [0, 0.1) is 11.3 Å². The van der Waals surface area contributed by atoms with Crippen molar-refractivity contribution in [3.05, 3.63) is 65.7 Å². The summed E-state index contributed by atoms with van der Waals surface area (Å²) in [6, 6.07) is 16.0. The molecule has 1 aliphatic heterocycles. The third kappa shape index (κ3) is 5.61. The molecule has 0 spiro atoms. The summed E-state index contributed by atoms with van der Waals surface area (Å²) in [5.74, 6) is 0.532. The summed E-state index contributed by atoms with van der Waals surface area (Å²) in [4.78, 5) is 23.0. The molecule has 1 amide bonds. The molecule has 2 aromatic carbocycles. The highest BCUT2D eigenvalue weighted by molar-refractivity contribution is 5.88. The Bertz CT molecular complexity index is 898. The Kier molecular flexibility index (Phi) is 6.26. The predicted molar refractivity (Wildman–Crippen MR) is 101 cm³/mol. The maximum absolute atomic E-state index is 12.0. The van der Waals surface area contributed by atoms with Crippen LogP contribution in [-0.2, 0) is 16.0 Å². The zero-order valence-electron chi connectivity index (χ0n) is 15.0. The van der Waals surface area contributed by atoms with Gasteiger partial charge in [0.15, 0.2) is 6.61 Å². The number of nitriles is 1. The van der Waals surface area contributed by atoms with Gasteiger partial charge in [-0.1, -0.05) is 24.3 Å². The molecule has 7 nitrogen and oxygen atoms in total. The Morgan fingerprint density at radius 2 is 1.89 bits per heavy atom. The lowest BCUT2D eigenvalue weighted by Crippen LogP contribution is -2.28. The first kappa shape index (κ1) is 19.0. The molecule has 1 heterocycles. The Morgan fingerprint density at radius 3 is 2.54 bits per heavy atom. The fraction of sp³-hybridized carbons (Fsp3) is 0.190. The van der Waals surface area contributed by atoms with E-state index in [-0.39, 0.29) is 12.6 Å². The average molecular weight is 378 g/mol. The van der Waals surface area contributed by atoms with Crippen LogP contribution in [0.25, 0.3) is 6.08 Å². The summed E-state index contributed by atoms with van der Waals surface area (Å²) in [6.45, 7) is 0.342. The largest absolute Gasteiger partial charge is 0.479 e. The number of esters is 1. The number of carbonyl (C=O) groups is 2. The van der Waals surface area contributed by atoms with E-state index >= 15 is 0 Å². The molecule has 1 aliphatic rings. The summed E-state index contributed by atoms with van der Waals surface area (Å²) in [5.41, 5.74) is 1.81. The van der Waals surface area contributed by atoms with Crippen molar-refractivity contribution < 1.29 is 23.8 Å². The topological polar surface area (TPSA) is 97.7 Å². The molecule has 0 bridgehead atoms. The number of ether oxygens (including phenoxy) is 3. The Morgan fingerprint density at radius 1 is 1.18 bits per heavy atom. The van der Waals surface area contributed by atoms with Crippen LogP contribution in [0.2, 0.25) is 0 Å². The van der Waals surface area contributed by atoms with Crippen molar-refractivity contribution in [1.82, 2.24) is 5.32 Å². The number of rotatable bonds is 7. The van der Waals surface area contributed by atoms with Crippen molar-refractivity contribution in [1.29, 1.82) is 5.26 Å². The van der Waals surface area contributed by atoms with E-state index < -0.39 is 12.1 Å². The van der Waals surface area contributed by atoms with Crippen molar-refractivity contribution in [3.8, 4) is 17.6 Å². The van der Waals surface area contributed by atoms with E-state index in [1.165, 1.54) is 6.08 Å². The van der Waals surface area contributed by atoms with Gasteiger partial charge in [-0.15, -0.1) is 0 Å². The Hall–Kier alpha value is -3.79. The van der Waals surface area contributed by atoms with Gasteiger partial charge < -0.3 is 19.5 Å². The maximum atomic E-state index is 12.0. The van der Waals surface area contributed by atoms with Crippen LogP contribution in [0.3, 0.4) is 0 Å². The number of hydrogen-bond donors (Lipinski definition) is 1. The highest BCUT2D eigenvalue weighted by Gasteiger charge is 2.22. The normalized spacial score (nSPS) is 15.5. The molecule has 0 aliphatic carbocycles. The fourth-order valence-electron chi connectivity index (χ4n) is 2.62. The van der Waals surface area contributed by atoms with E-state index in [0.717, 1.165) is 11.1 Å². The average Bonchev–Trinajstić information content (AvgIpc) is 3.12. The third-order valence-corrected chi connectivity index (χ3v) is 3.96. The molecule has 0 saturated carbocycles. The molecule has 0 aromatic heterocycles. The van der Waals surface area contributed by atoms with Gasteiger partial charge in [-0.3, -0.25) is 0 Å². The van der Waals surface area contributed by atoms with Gasteiger partial charge in [0, 0.05) is 6.08 Å². The molecule has 142 valence electrons. The summed E-state index contributed by atoms with van der Waals surface area (Å²) < 4.78 is 15.3. The van der Waals surface area contributed by atoms with E-state index in [1.807, 2.05) is 18.2 Å². The standard InChI is InChI=1S/C21H18N2O5/c22-11-12-26-18-6-1-15(2-7-18)5-10-20(24)28-19-8-3-16(4-9-19)13-17-14-27-21(25)23-17/h1-10,17H,12-14H2,(H,23,25)/b10-5+/t17-/m1/s1. The van der Waals surface area contributed by atoms with Crippen molar-refractivity contribution in [2.24, 2.45) is 0 Å². The van der Waals surface area contributed by atoms with Crippen molar-refractivity contribution in [3.63, 3.8) is 0 Å². The number of benzene rings is 2. The monoisotopic (exact) mass is 378 g/mol. The Labute approximate surface area is 162 Å². The molecule has 1 fully saturated rings. The molecule has 2 aromatic rings. The number of alkyl carbamates (subject to hydrolysis) is 1. The van der Waals surface area contributed by atoms with Crippen molar-refractivity contribution in [2.45, 2.75) is 12.5 Å². The molecular weight excluding hydrogens is 360 g/mol. The van der Waals surface area contributed by atoms with Crippen LogP contribution in [0.5, 0.6) is 11.5 Å². The number of nitrogens with one attached hydrogen (secondary N) is 1. The zero-order valence-corrected chi connectivity index (χ0v) is 15.0. The van der Waals surface area contributed by atoms with E-state index in [2.05, 4.69) is 5.32 Å². The first-order valence-corrected chi connectivity index (χ1v) is 8.64. The number of cyclic esters (lactones) is 1. The van der Waals surface area contributed by atoms with E-state index in [1.54, 1.807) is 42.5 Å². The minimum absolute atomic E-state index is 0.0105. The molecule has 28 heavy (non-hydrogen) atoms. The second kappa shape index (κ2) is 9.24. The van der Waals surface area contributed by atoms with Crippen LogP contribution in [-0.4, -0.2) is 31.3 Å². The highest BCUT2D eigenvalue weighted by Crippen LogP contribution is 2.16. The first-order valence-electron chi connectivity index (χ1n) is 8.64.